The molecule has 0 aromatic heterocycles. The van der Waals surface area contributed by atoms with Crippen LogP contribution in [0.4, 0.5) is 14.5 Å². The molecule has 0 bridgehead atoms. The number of rotatable bonds is 7. The van der Waals surface area contributed by atoms with Gasteiger partial charge in [0.05, 0.1) is 17.5 Å². The second-order valence-corrected chi connectivity index (χ2v) is 5.78. The molecule has 0 heterocycles. The van der Waals surface area contributed by atoms with Crippen molar-refractivity contribution in [2.24, 2.45) is 5.73 Å². The molecule has 0 aliphatic heterocycles. The maximum atomic E-state index is 12.3. The maximum absolute atomic E-state index is 12.3. The summed E-state index contributed by atoms with van der Waals surface area (Å²) >= 11 is 0. The first-order valence-electron chi connectivity index (χ1n) is 5.49. The molecule has 3 N–H and O–H groups in total. The summed E-state index contributed by atoms with van der Waals surface area (Å²) in [6.45, 7) is 0.707. The van der Waals surface area contributed by atoms with E-state index in [0.717, 1.165) is 12.1 Å². The number of methoxy groups -OCH3 is 1. The van der Waals surface area contributed by atoms with Gasteiger partial charge >= 0.3 is 5.76 Å². The molecule has 8 heteroatoms. The number of sulfone groups is 1. The molecule has 0 aliphatic rings. The number of halogens is 2. The van der Waals surface area contributed by atoms with Gasteiger partial charge in [-0.15, -0.1) is 0 Å². The Labute approximate surface area is 110 Å². The van der Waals surface area contributed by atoms with Gasteiger partial charge in [0.25, 0.3) is 0 Å². The minimum absolute atomic E-state index is 0.137. The molecule has 0 spiro atoms. The zero-order valence-corrected chi connectivity index (χ0v) is 11.2. The molecule has 1 rings (SSSR count). The Kier molecular flexibility index (Phi) is 5.64. The first kappa shape index (κ1) is 15.8. The van der Waals surface area contributed by atoms with Gasteiger partial charge in [-0.3, -0.25) is 0 Å². The Morgan fingerprint density at radius 2 is 1.89 bits per heavy atom. The van der Waals surface area contributed by atoms with E-state index < -0.39 is 20.5 Å². The van der Waals surface area contributed by atoms with Crippen LogP contribution < -0.4 is 11.1 Å². The largest absolute Gasteiger partial charge is 0.383 e. The van der Waals surface area contributed by atoms with Crippen LogP contribution in [0.15, 0.2) is 29.2 Å². The Balaban J connectivity index is 2.82. The lowest BCUT2D eigenvalue weighted by atomic mass is 10.2. The predicted molar refractivity (Wildman–Crippen MR) is 68.0 cm³/mol. The second kappa shape index (κ2) is 6.78. The number of benzene rings is 1. The van der Waals surface area contributed by atoms with Crippen molar-refractivity contribution in [3.8, 4) is 0 Å². The van der Waals surface area contributed by atoms with E-state index in [9.17, 15) is 17.2 Å². The SMILES string of the molecule is COCC(CN)Nc1ccc(S(=O)(=O)C(F)F)cc1. The average molecular weight is 294 g/mol. The van der Waals surface area contributed by atoms with Gasteiger partial charge in [-0.05, 0) is 24.3 Å². The van der Waals surface area contributed by atoms with Gasteiger partial charge in [0.15, 0.2) is 0 Å². The zero-order chi connectivity index (χ0) is 14.5. The normalized spacial score (nSPS) is 13.5. The van der Waals surface area contributed by atoms with Crippen molar-refractivity contribution in [3.05, 3.63) is 24.3 Å². The third-order valence-corrected chi connectivity index (χ3v) is 3.84. The highest BCUT2D eigenvalue weighted by Gasteiger charge is 2.26. The van der Waals surface area contributed by atoms with Crippen LogP contribution in [0, 0.1) is 0 Å². The van der Waals surface area contributed by atoms with Crippen molar-refractivity contribution >= 4 is 15.5 Å². The van der Waals surface area contributed by atoms with Crippen molar-refractivity contribution in [3.63, 3.8) is 0 Å². The summed E-state index contributed by atoms with van der Waals surface area (Å²) in [6, 6.07) is 4.94. The second-order valence-electron chi connectivity index (χ2n) is 3.86. The molecular weight excluding hydrogens is 278 g/mol. The molecule has 0 aliphatic carbocycles. The molecule has 0 radical (unpaired) electrons. The smallest absolute Gasteiger partial charge is 0.341 e. The van der Waals surface area contributed by atoms with E-state index in [1.54, 1.807) is 0 Å². The van der Waals surface area contributed by atoms with Gasteiger partial charge in [0, 0.05) is 19.3 Å². The fourth-order valence-electron chi connectivity index (χ4n) is 1.45. The topological polar surface area (TPSA) is 81.4 Å². The number of ether oxygens (including phenoxy) is 1. The number of hydrogen-bond acceptors (Lipinski definition) is 5. The van der Waals surface area contributed by atoms with E-state index in [1.165, 1.54) is 19.2 Å². The van der Waals surface area contributed by atoms with Crippen LogP contribution in [0.2, 0.25) is 0 Å². The zero-order valence-electron chi connectivity index (χ0n) is 10.3. The molecule has 1 atom stereocenters. The summed E-state index contributed by atoms with van der Waals surface area (Å²) in [4.78, 5) is -0.413. The third kappa shape index (κ3) is 4.12. The predicted octanol–water partition coefficient (Wildman–Crippen LogP) is 1.07. The molecule has 0 saturated heterocycles. The van der Waals surface area contributed by atoms with Crippen LogP contribution in [0.5, 0.6) is 0 Å². The van der Waals surface area contributed by atoms with Crippen molar-refractivity contribution in [2.45, 2.75) is 16.7 Å². The van der Waals surface area contributed by atoms with Gasteiger partial charge in [-0.25, -0.2) is 8.42 Å². The van der Waals surface area contributed by atoms with E-state index in [4.69, 9.17) is 10.5 Å². The molecule has 1 aromatic rings. The Morgan fingerprint density at radius 1 is 1.32 bits per heavy atom. The van der Waals surface area contributed by atoms with Gasteiger partial charge in [-0.1, -0.05) is 0 Å². The number of anilines is 1. The minimum Gasteiger partial charge on any atom is -0.383 e. The average Bonchev–Trinajstić information content (AvgIpc) is 2.38. The van der Waals surface area contributed by atoms with Crippen LogP contribution in [0.25, 0.3) is 0 Å². The molecule has 0 fully saturated rings. The molecule has 0 saturated carbocycles. The van der Waals surface area contributed by atoms with E-state index in [2.05, 4.69) is 5.32 Å². The first-order chi connectivity index (χ1) is 8.91. The standard InChI is InChI=1S/C11H16F2N2O3S/c1-18-7-9(6-14)15-8-2-4-10(5-3-8)19(16,17)11(12)13/h2-5,9,11,15H,6-7,14H2,1H3. The molecule has 108 valence electrons. The summed E-state index contributed by atoms with van der Waals surface area (Å²) in [6.07, 6.45) is 0. The summed E-state index contributed by atoms with van der Waals surface area (Å²) in [5.41, 5.74) is 6.09. The first-order valence-corrected chi connectivity index (χ1v) is 7.04. The Morgan fingerprint density at radius 3 is 2.32 bits per heavy atom. The van der Waals surface area contributed by atoms with Crippen molar-refractivity contribution in [1.29, 1.82) is 0 Å². The molecular formula is C11H16F2N2O3S. The summed E-state index contributed by atoms with van der Waals surface area (Å²) in [5, 5.41) is 3.01. The van der Waals surface area contributed by atoms with E-state index in [-0.39, 0.29) is 6.04 Å². The molecule has 19 heavy (non-hydrogen) atoms. The fraction of sp³-hybridized carbons (Fsp3) is 0.455. The lowest BCUT2D eigenvalue weighted by Gasteiger charge is -2.17. The molecule has 1 unspecified atom stereocenters. The summed E-state index contributed by atoms with van der Waals surface area (Å²) < 4.78 is 52.0. The quantitative estimate of drug-likeness (QED) is 0.786. The highest BCUT2D eigenvalue weighted by Crippen LogP contribution is 2.20. The molecule has 0 amide bonds. The highest BCUT2D eigenvalue weighted by atomic mass is 32.2. The van der Waals surface area contributed by atoms with Crippen molar-refractivity contribution < 1.29 is 21.9 Å². The maximum Gasteiger partial charge on any atom is 0.341 e. The van der Waals surface area contributed by atoms with E-state index in [1.807, 2.05) is 0 Å². The number of nitrogens with one attached hydrogen (secondary N) is 1. The number of nitrogens with two attached hydrogens (primary N) is 1. The lowest BCUT2D eigenvalue weighted by molar-refractivity contribution is 0.187. The monoisotopic (exact) mass is 294 g/mol. The van der Waals surface area contributed by atoms with Crippen LogP contribution in [-0.4, -0.2) is 40.5 Å². The van der Waals surface area contributed by atoms with Crippen LogP contribution in [0.3, 0.4) is 0 Å². The van der Waals surface area contributed by atoms with Crippen molar-refractivity contribution in [1.82, 2.24) is 0 Å². The third-order valence-electron chi connectivity index (χ3n) is 2.44. The van der Waals surface area contributed by atoms with Gasteiger partial charge in [0.1, 0.15) is 0 Å². The lowest BCUT2D eigenvalue weighted by Crippen LogP contribution is -2.33. The molecule has 1 aromatic carbocycles. The fourth-order valence-corrected chi connectivity index (χ4v) is 2.17. The van der Waals surface area contributed by atoms with Crippen LogP contribution >= 0.6 is 0 Å². The van der Waals surface area contributed by atoms with Crippen LogP contribution in [-0.2, 0) is 14.6 Å². The summed E-state index contributed by atoms with van der Waals surface area (Å²) in [5.74, 6) is -3.42. The van der Waals surface area contributed by atoms with Gasteiger partial charge < -0.3 is 15.8 Å². The summed E-state index contributed by atoms with van der Waals surface area (Å²) in [7, 11) is -3.02. The Bertz CT molecular complexity index is 491. The van der Waals surface area contributed by atoms with E-state index >= 15 is 0 Å². The van der Waals surface area contributed by atoms with E-state index in [0.29, 0.717) is 18.8 Å². The number of hydrogen-bond donors (Lipinski definition) is 2. The molecule has 5 nitrogen and oxygen atoms in total. The van der Waals surface area contributed by atoms with Gasteiger partial charge in [-0.2, -0.15) is 8.78 Å². The van der Waals surface area contributed by atoms with Crippen LogP contribution in [0.1, 0.15) is 0 Å². The number of alkyl halides is 2. The highest BCUT2D eigenvalue weighted by molar-refractivity contribution is 7.91. The van der Waals surface area contributed by atoms with Gasteiger partial charge in [0.2, 0.25) is 9.84 Å². The minimum atomic E-state index is -4.55. The van der Waals surface area contributed by atoms with Crippen molar-refractivity contribution in [2.75, 3.05) is 25.6 Å². The Hall–Kier alpha value is -1.25.